The molecular weight excluding hydrogens is 912 g/mol. The summed E-state index contributed by atoms with van der Waals surface area (Å²) in [6.07, 6.45) is 9.39. The fraction of sp³-hybridized carbons (Fsp3) is 0.810. The molecule has 0 N–H and O–H groups in total. The van der Waals surface area contributed by atoms with Crippen molar-refractivity contribution in [3.05, 3.63) is 36.5 Å². The summed E-state index contributed by atoms with van der Waals surface area (Å²) >= 11 is 0. The van der Waals surface area contributed by atoms with Gasteiger partial charge in [-0.2, -0.15) is 0 Å². The zero-order valence-corrected chi connectivity index (χ0v) is 44.1. The van der Waals surface area contributed by atoms with Crippen molar-refractivity contribution in [1.29, 1.82) is 0 Å². The van der Waals surface area contributed by atoms with Gasteiger partial charge in [0, 0.05) is 32.1 Å². The van der Waals surface area contributed by atoms with Crippen molar-refractivity contribution in [3.63, 3.8) is 0 Å². The average Bonchev–Trinajstić information content (AvgIpc) is 3.81. The van der Waals surface area contributed by atoms with Crippen molar-refractivity contribution in [2.24, 2.45) is 23.7 Å². The van der Waals surface area contributed by atoms with Crippen LogP contribution in [0.4, 0.5) is 0 Å². The molecule has 6 fully saturated rings. The van der Waals surface area contributed by atoms with Gasteiger partial charge in [0.15, 0.2) is 5.78 Å². The number of hydrogen-bond donors (Lipinski definition) is 0. The molecule has 8 bridgehead atoms. The van der Waals surface area contributed by atoms with Crippen LogP contribution < -0.4 is 0 Å². The van der Waals surface area contributed by atoms with E-state index < -0.39 is 51.7 Å². The van der Waals surface area contributed by atoms with Crippen LogP contribution in [0.3, 0.4) is 0 Å². The molecule has 7 aliphatic rings. The van der Waals surface area contributed by atoms with Crippen LogP contribution in [0.1, 0.15) is 97.8 Å². The van der Waals surface area contributed by atoms with Crippen LogP contribution >= 0.6 is 68.0 Å². The number of Topliss-reactive ketones (excluding diaryl/α,β-unsaturated/α-hetero) is 1. The Bertz CT molecular complexity index is 1560. The molecule has 0 amide bonds. The third-order valence-electron chi connectivity index (χ3n) is 14.1. The Morgan fingerprint density at radius 3 is 2.25 bits per heavy atom. The number of fused-ring (bicyclic) bond motifs is 7. The molecule has 6 saturated heterocycles. The van der Waals surface area contributed by atoms with Gasteiger partial charge in [0.05, 0.1) is 70.0 Å². The molecule has 0 aliphatic carbocycles. The second kappa shape index (κ2) is 22.7. The summed E-state index contributed by atoms with van der Waals surface area (Å²) < 4.78 is 54.0. The minimum absolute atomic E-state index is 0.0583. The fourth-order valence-electron chi connectivity index (χ4n) is 10.9. The molecule has 10 nitrogen and oxygen atoms in total. The zero-order valence-electron chi connectivity index (χ0n) is 35.5. The van der Waals surface area contributed by atoms with E-state index in [0.717, 1.165) is 51.5 Å². The molecule has 0 saturated carbocycles. The minimum Gasteiger partial charge on any atom is -0.374 e. The number of carbonyl (C=O) groups is 2. The van der Waals surface area contributed by atoms with E-state index >= 15 is 0 Å². The Labute approximate surface area is 374 Å². The maximum absolute atomic E-state index is 14.3. The van der Waals surface area contributed by atoms with E-state index in [9.17, 15) is 9.59 Å². The van der Waals surface area contributed by atoms with Gasteiger partial charge in [-0.15, -0.1) is 17.2 Å². The van der Waals surface area contributed by atoms with Gasteiger partial charge in [-0.25, -0.2) is 0 Å². The summed E-state index contributed by atoms with van der Waals surface area (Å²) in [5, 5.41) is 0. The second-order valence-corrected chi connectivity index (χ2v) is 32.2. The third-order valence-corrected chi connectivity index (χ3v) is 18.0. The quantitative estimate of drug-likeness (QED) is 0.164. The summed E-state index contributed by atoms with van der Waals surface area (Å²) in [5.41, 5.74) is 2.17. The van der Waals surface area contributed by atoms with Crippen molar-refractivity contribution in [3.8, 4) is 0 Å². The largest absolute Gasteiger partial charge is 0.374 e. The topological polar surface area (TPSA) is 108 Å². The highest BCUT2D eigenvalue weighted by molar-refractivity contribution is 8.41. The highest BCUT2D eigenvalue weighted by atomic mass is 32.4. The molecule has 24 atom stereocenters. The first-order chi connectivity index (χ1) is 28.7. The van der Waals surface area contributed by atoms with Gasteiger partial charge in [0.1, 0.15) is 36.3 Å². The number of hydrogen-bond acceptors (Lipinski definition) is 10. The predicted octanol–water partition coefficient (Wildman–Crippen LogP) is 9.81. The van der Waals surface area contributed by atoms with E-state index in [4.69, 9.17) is 37.5 Å². The van der Waals surface area contributed by atoms with Gasteiger partial charge in [-0.05, 0) is 92.0 Å². The van der Waals surface area contributed by atoms with E-state index in [1.165, 1.54) is 12.6 Å². The molecule has 7 rings (SSSR count). The van der Waals surface area contributed by atoms with Crippen LogP contribution in [0.5, 0.6) is 0 Å². The maximum Gasteiger partial charge on any atom is 0.158 e. The Morgan fingerprint density at radius 2 is 1.50 bits per heavy atom. The third kappa shape index (κ3) is 12.4. The van der Waals surface area contributed by atoms with Crippen LogP contribution in [0.15, 0.2) is 36.5 Å². The molecule has 7 heterocycles. The van der Waals surface area contributed by atoms with Crippen LogP contribution in [-0.4, -0.2) is 103 Å². The maximum atomic E-state index is 14.3. The summed E-state index contributed by atoms with van der Waals surface area (Å²) in [6.45, 7) is 15.8. The number of rotatable bonds is 9. The lowest BCUT2D eigenvalue weighted by atomic mass is 9.78. The molecule has 0 aromatic heterocycles. The molecule has 0 radical (unpaired) electrons. The Balaban J connectivity index is 1.15. The van der Waals surface area contributed by atoms with Gasteiger partial charge in [-0.3, -0.25) is 9.59 Å². The monoisotopic (exact) mass is 982 g/mol. The van der Waals surface area contributed by atoms with Crippen LogP contribution in [-0.2, 0) is 47.1 Å². The Hall–Kier alpha value is 1.68. The molecule has 18 heteroatoms. The van der Waals surface area contributed by atoms with Crippen LogP contribution in [0, 0.1) is 23.7 Å². The van der Waals surface area contributed by atoms with Crippen molar-refractivity contribution >= 4 is 79.5 Å². The highest BCUT2D eigenvalue weighted by Gasteiger charge is 2.59. The highest BCUT2D eigenvalue weighted by Crippen LogP contribution is 2.60. The zero-order chi connectivity index (χ0) is 42.8. The van der Waals surface area contributed by atoms with E-state index in [0.29, 0.717) is 43.9 Å². The van der Waals surface area contributed by atoms with Gasteiger partial charge >= 0.3 is 0 Å². The van der Waals surface area contributed by atoms with Crippen molar-refractivity contribution in [1.82, 2.24) is 0 Å². The van der Waals surface area contributed by atoms with Crippen LogP contribution in [0.25, 0.3) is 0 Å². The lowest BCUT2D eigenvalue weighted by Gasteiger charge is -2.48. The normalized spacial score (nSPS) is 44.2. The van der Waals surface area contributed by atoms with Gasteiger partial charge in [-0.1, -0.05) is 75.7 Å². The lowest BCUT2D eigenvalue weighted by molar-refractivity contribution is -0.251. The molecule has 7 aliphatic heterocycles. The molecule has 10 unspecified atom stereocenters. The molecule has 0 aromatic rings. The van der Waals surface area contributed by atoms with E-state index in [1.807, 2.05) is 6.08 Å². The SMILES string of the molecule is C=C1C[C@@H]2/C=C/C(=O)C[C@H]3O[C@H]4[C@@H](OP(P)P)[C@H]5OC(CC[C@@H]5O[C@H]4[C@H]3OP(P)P)CC(=O)CC3[C@H](CC4O[C@@H](CCC1O2)C[C@@H](C)C4=C)O[C@H](C[C@H](C)CCPP)[C@@H]3C. The molecular formula is C42H70O10P8. The molecule has 0 spiro atoms. The van der Waals surface area contributed by atoms with Crippen molar-refractivity contribution < 1.29 is 47.1 Å². The van der Waals surface area contributed by atoms with Crippen LogP contribution in [0.2, 0.25) is 0 Å². The van der Waals surface area contributed by atoms with Gasteiger partial charge in [0.2, 0.25) is 0 Å². The standard InChI is InChI=1S/C42H70O10P8/c1-21(12-13-58-53)14-34-25(5)31-18-27(44)17-30-9-11-33-38(47-30)42(52-60(56)57)41-40(49-33)39(51-59(54)55)37(50-41)19-26(43)6-7-28-16-23(3)32(45-28)10-8-29-15-22(2)24(4)35(46-29)20-36(31)48-34/h6-7,21-22,25,28-42,58H,3-4,8-20,53-57H2,1-2,5H3/b7-6+/t21-,22-,25-,28+,29+,30?,31?,32?,33+,34-,35?,36+,37-,38+,39+,40+,41-,42+/m1/s1. The first-order valence-corrected chi connectivity index (χ1v) is 34.1. The number of ether oxygens (including phenoxy) is 6. The van der Waals surface area contributed by atoms with Crippen molar-refractivity contribution in [2.75, 3.05) is 6.16 Å². The van der Waals surface area contributed by atoms with E-state index in [2.05, 4.69) is 78.6 Å². The first kappa shape index (κ1) is 49.6. The van der Waals surface area contributed by atoms with E-state index in [1.54, 1.807) is 6.08 Å². The summed E-state index contributed by atoms with van der Waals surface area (Å²) in [7, 11) is 12.8. The number of carbonyl (C=O) groups excluding carboxylic acids is 2. The lowest BCUT2D eigenvalue weighted by Crippen LogP contribution is -2.61. The van der Waals surface area contributed by atoms with E-state index in [-0.39, 0.29) is 78.7 Å². The molecule has 338 valence electrons. The van der Waals surface area contributed by atoms with Gasteiger partial charge < -0.3 is 37.5 Å². The summed E-state index contributed by atoms with van der Waals surface area (Å²) in [5.74, 6) is 1.31. The summed E-state index contributed by atoms with van der Waals surface area (Å²) in [4.78, 5) is 27.9. The van der Waals surface area contributed by atoms with Crippen molar-refractivity contribution in [2.45, 2.75) is 183 Å². The molecule has 60 heavy (non-hydrogen) atoms. The van der Waals surface area contributed by atoms with Gasteiger partial charge in [0.25, 0.3) is 0 Å². The summed E-state index contributed by atoms with van der Waals surface area (Å²) in [6, 6.07) is 0. The minimum atomic E-state index is -0.962. The average molecular weight is 983 g/mol. The first-order valence-electron chi connectivity index (χ1n) is 22.0. The number of allylic oxidation sites excluding steroid dienone is 1. The predicted molar refractivity (Wildman–Crippen MR) is 261 cm³/mol. The molecule has 0 aromatic carbocycles. The Morgan fingerprint density at radius 1 is 0.783 bits per heavy atom. The number of ketones is 2. The fourth-order valence-corrected chi connectivity index (χ4v) is 14.8. The Kier molecular flexibility index (Phi) is 18.7. The second-order valence-electron chi connectivity index (χ2n) is 18.5. The smallest absolute Gasteiger partial charge is 0.158 e.